The molecule has 0 spiro atoms. The van der Waals surface area contributed by atoms with Gasteiger partial charge in [0.1, 0.15) is 11.9 Å². The van der Waals surface area contributed by atoms with Crippen LogP contribution in [0.25, 0.3) is 11.3 Å². The number of hydrogen-bond acceptors (Lipinski definition) is 5. The number of aliphatic hydroxyl groups excluding tert-OH is 1. The number of rotatable bonds is 4. The van der Waals surface area contributed by atoms with Crippen molar-refractivity contribution in [3.8, 4) is 17.0 Å². The molecule has 26 heavy (non-hydrogen) atoms. The Hall–Kier alpha value is -1.98. The molecule has 3 aliphatic heterocycles. The minimum absolute atomic E-state index is 0.269. The van der Waals surface area contributed by atoms with Crippen LogP contribution in [-0.4, -0.2) is 46.9 Å². The van der Waals surface area contributed by atoms with Crippen LogP contribution in [-0.2, 0) is 0 Å². The molecule has 4 heterocycles. The van der Waals surface area contributed by atoms with E-state index in [-0.39, 0.29) is 5.92 Å². The van der Waals surface area contributed by atoms with E-state index in [1.807, 2.05) is 32.0 Å². The Morgan fingerprint density at radius 1 is 1.15 bits per heavy atom. The molecular weight excluding hydrogens is 326 g/mol. The maximum Gasteiger partial charge on any atom is 0.128 e. The van der Waals surface area contributed by atoms with Gasteiger partial charge in [-0.2, -0.15) is 5.10 Å². The van der Waals surface area contributed by atoms with Gasteiger partial charge < -0.3 is 14.7 Å². The van der Waals surface area contributed by atoms with Crippen molar-refractivity contribution < 1.29 is 9.84 Å². The monoisotopic (exact) mass is 353 g/mol. The van der Waals surface area contributed by atoms with E-state index in [1.165, 1.54) is 25.9 Å². The van der Waals surface area contributed by atoms with Crippen molar-refractivity contribution in [3.05, 3.63) is 41.1 Å². The topological polar surface area (TPSA) is 58.5 Å². The molecule has 1 N–H and O–H groups in total. The number of fused-ring (bicyclic) bond motifs is 3. The molecule has 0 aliphatic carbocycles. The van der Waals surface area contributed by atoms with Crippen molar-refractivity contribution in [2.24, 2.45) is 11.8 Å². The van der Waals surface area contributed by atoms with E-state index in [0.717, 1.165) is 34.7 Å². The maximum absolute atomic E-state index is 10.9. The van der Waals surface area contributed by atoms with Crippen molar-refractivity contribution >= 4 is 0 Å². The summed E-state index contributed by atoms with van der Waals surface area (Å²) in [5.41, 5.74) is 4.60. The molecule has 3 saturated heterocycles. The molecule has 138 valence electrons. The van der Waals surface area contributed by atoms with Gasteiger partial charge in [0, 0.05) is 18.0 Å². The smallest absolute Gasteiger partial charge is 0.128 e. The third kappa shape index (κ3) is 3.10. The van der Waals surface area contributed by atoms with E-state index in [9.17, 15) is 5.11 Å². The Bertz CT molecular complexity index is 800. The number of ether oxygens (including phenoxy) is 1. The minimum Gasteiger partial charge on any atom is -0.496 e. The second-order valence-corrected chi connectivity index (χ2v) is 7.75. The number of nitrogens with zero attached hydrogens (tertiary/aromatic N) is 3. The molecule has 1 aromatic heterocycles. The lowest BCUT2D eigenvalue weighted by Crippen LogP contribution is -2.49. The van der Waals surface area contributed by atoms with Crippen molar-refractivity contribution in [2.75, 3.05) is 26.7 Å². The van der Waals surface area contributed by atoms with E-state index in [2.05, 4.69) is 21.2 Å². The van der Waals surface area contributed by atoms with Crippen LogP contribution in [0.3, 0.4) is 0 Å². The molecule has 2 bridgehead atoms. The third-order valence-electron chi connectivity index (χ3n) is 6.03. The average molecular weight is 353 g/mol. The fourth-order valence-corrected chi connectivity index (χ4v) is 4.50. The van der Waals surface area contributed by atoms with Crippen LogP contribution in [0.15, 0.2) is 24.3 Å². The summed E-state index contributed by atoms with van der Waals surface area (Å²) in [4.78, 5) is 2.46. The molecule has 5 rings (SSSR count). The van der Waals surface area contributed by atoms with E-state index < -0.39 is 6.10 Å². The molecular formula is C21H27N3O2. The van der Waals surface area contributed by atoms with Gasteiger partial charge in [0.05, 0.1) is 18.5 Å². The van der Waals surface area contributed by atoms with Gasteiger partial charge in [-0.05, 0) is 75.0 Å². The summed E-state index contributed by atoms with van der Waals surface area (Å²) in [5.74, 6) is 1.67. The summed E-state index contributed by atoms with van der Waals surface area (Å²) in [6, 6.07) is 8.07. The van der Waals surface area contributed by atoms with Crippen molar-refractivity contribution in [1.29, 1.82) is 0 Å². The van der Waals surface area contributed by atoms with Crippen LogP contribution >= 0.6 is 0 Å². The zero-order chi connectivity index (χ0) is 18.3. The number of methoxy groups -OCH3 is 1. The summed E-state index contributed by atoms with van der Waals surface area (Å²) in [6.07, 6.45) is 1.84. The molecule has 2 aromatic rings. The molecule has 5 nitrogen and oxygen atoms in total. The first-order valence-corrected chi connectivity index (χ1v) is 9.46. The molecule has 1 unspecified atom stereocenters. The van der Waals surface area contributed by atoms with Crippen molar-refractivity contribution in [1.82, 2.24) is 15.1 Å². The highest BCUT2D eigenvalue weighted by Crippen LogP contribution is 2.40. The fraction of sp³-hybridized carbons (Fsp3) is 0.524. The van der Waals surface area contributed by atoms with Crippen LogP contribution < -0.4 is 4.74 Å². The first-order chi connectivity index (χ1) is 12.6. The fourth-order valence-electron chi connectivity index (χ4n) is 4.50. The predicted molar refractivity (Wildman–Crippen MR) is 101 cm³/mol. The van der Waals surface area contributed by atoms with Gasteiger partial charge in [0.2, 0.25) is 0 Å². The normalized spacial score (nSPS) is 25.9. The molecule has 3 aliphatic rings. The number of hydrogen-bond donors (Lipinski definition) is 1. The highest BCUT2D eigenvalue weighted by Gasteiger charge is 2.39. The van der Waals surface area contributed by atoms with Crippen LogP contribution in [0.5, 0.6) is 5.75 Å². The van der Waals surface area contributed by atoms with E-state index in [1.54, 1.807) is 7.11 Å². The first kappa shape index (κ1) is 17.4. The zero-order valence-electron chi connectivity index (χ0n) is 15.8. The van der Waals surface area contributed by atoms with E-state index in [0.29, 0.717) is 11.6 Å². The Morgan fingerprint density at radius 2 is 1.92 bits per heavy atom. The quantitative estimate of drug-likeness (QED) is 0.915. The van der Waals surface area contributed by atoms with Gasteiger partial charge in [-0.1, -0.05) is 6.07 Å². The number of aryl methyl sites for hydroxylation is 2. The summed E-state index contributed by atoms with van der Waals surface area (Å²) in [7, 11) is 1.67. The highest BCUT2D eigenvalue weighted by atomic mass is 16.5. The second kappa shape index (κ2) is 6.97. The van der Waals surface area contributed by atoms with Gasteiger partial charge in [-0.3, -0.25) is 0 Å². The van der Waals surface area contributed by atoms with Crippen LogP contribution in [0.4, 0.5) is 0 Å². The maximum atomic E-state index is 10.9. The van der Waals surface area contributed by atoms with Crippen molar-refractivity contribution in [3.63, 3.8) is 0 Å². The molecule has 0 amide bonds. The molecule has 0 radical (unpaired) electrons. The Labute approximate surface area is 155 Å². The van der Waals surface area contributed by atoms with Gasteiger partial charge in [-0.15, -0.1) is 5.10 Å². The standard InChI is InChI=1S/C21H27N3O2/c1-13-4-5-16(19(10-13)26-3)20-14(2)11-18(22-23-20)21(25)17-12-24-8-6-15(17)7-9-24/h4-5,10-11,15,17,21,25H,6-9,12H2,1-3H3/t17?,21-/m1/s1. The largest absolute Gasteiger partial charge is 0.496 e. The van der Waals surface area contributed by atoms with Crippen LogP contribution in [0, 0.1) is 25.7 Å². The van der Waals surface area contributed by atoms with Gasteiger partial charge in [-0.25, -0.2) is 0 Å². The molecule has 3 fully saturated rings. The number of piperidine rings is 3. The molecule has 2 atom stereocenters. The van der Waals surface area contributed by atoms with E-state index in [4.69, 9.17) is 4.74 Å². The molecule has 5 heteroatoms. The summed E-state index contributed by atoms with van der Waals surface area (Å²) < 4.78 is 5.52. The lowest BCUT2D eigenvalue weighted by Gasteiger charge is -2.46. The zero-order valence-corrected chi connectivity index (χ0v) is 15.8. The Balaban J connectivity index is 1.62. The van der Waals surface area contributed by atoms with E-state index >= 15 is 0 Å². The Morgan fingerprint density at radius 3 is 2.54 bits per heavy atom. The summed E-state index contributed by atoms with van der Waals surface area (Å²) >= 11 is 0. The van der Waals surface area contributed by atoms with Gasteiger partial charge in [0.15, 0.2) is 0 Å². The summed E-state index contributed by atoms with van der Waals surface area (Å²) in [6.45, 7) is 7.38. The van der Waals surface area contributed by atoms with Crippen LogP contribution in [0.1, 0.15) is 35.8 Å². The SMILES string of the molecule is COc1cc(C)ccc1-c1nnc([C@H](O)C2CN3CCC2CC3)cc1C. The first-order valence-electron chi connectivity index (χ1n) is 9.46. The predicted octanol–water partition coefficient (Wildman–Crippen LogP) is 3.14. The molecule has 1 aromatic carbocycles. The Kier molecular flexibility index (Phi) is 4.67. The third-order valence-corrected chi connectivity index (χ3v) is 6.03. The van der Waals surface area contributed by atoms with Gasteiger partial charge >= 0.3 is 0 Å². The minimum atomic E-state index is -0.539. The lowest BCUT2D eigenvalue weighted by atomic mass is 9.75. The van der Waals surface area contributed by atoms with Gasteiger partial charge in [0.25, 0.3) is 0 Å². The number of aliphatic hydroxyl groups is 1. The lowest BCUT2D eigenvalue weighted by molar-refractivity contribution is -0.0283. The summed E-state index contributed by atoms with van der Waals surface area (Å²) in [5, 5.41) is 19.8. The second-order valence-electron chi connectivity index (χ2n) is 7.75. The highest BCUT2D eigenvalue weighted by molar-refractivity contribution is 5.70. The van der Waals surface area contributed by atoms with Crippen molar-refractivity contribution in [2.45, 2.75) is 32.8 Å². The number of benzene rings is 1. The average Bonchev–Trinajstić information content (AvgIpc) is 2.68. The van der Waals surface area contributed by atoms with Crippen LogP contribution in [0.2, 0.25) is 0 Å². The number of aromatic nitrogens is 2. The molecule has 0 saturated carbocycles.